The monoisotopic (exact) mass is 277 g/mol. The fourth-order valence-corrected chi connectivity index (χ4v) is 2.97. The molecule has 2 aliphatic rings. The topological polar surface area (TPSA) is 36.4 Å². The lowest BCUT2D eigenvalue weighted by Gasteiger charge is -2.36. The highest BCUT2D eigenvalue weighted by atomic mass is 19.1. The number of halogens is 1. The molecule has 20 heavy (non-hydrogen) atoms. The van der Waals surface area contributed by atoms with Gasteiger partial charge in [-0.15, -0.1) is 0 Å². The van der Waals surface area contributed by atoms with Crippen molar-refractivity contribution in [3.8, 4) is 0 Å². The van der Waals surface area contributed by atoms with Crippen LogP contribution in [0.1, 0.15) is 35.9 Å². The third-order valence-corrected chi connectivity index (χ3v) is 4.04. The molecule has 108 valence electrons. The highest BCUT2D eigenvalue weighted by molar-refractivity contribution is 5.92. The Morgan fingerprint density at radius 3 is 2.70 bits per heavy atom. The minimum absolute atomic E-state index is 0.0688. The van der Waals surface area contributed by atoms with Gasteiger partial charge in [-0.1, -0.05) is 6.92 Å². The van der Waals surface area contributed by atoms with Gasteiger partial charge >= 0.3 is 0 Å². The van der Waals surface area contributed by atoms with E-state index in [1.165, 1.54) is 12.1 Å². The van der Waals surface area contributed by atoms with Gasteiger partial charge in [-0.3, -0.25) is 9.69 Å². The molecule has 0 aromatic carbocycles. The first-order chi connectivity index (χ1) is 9.63. The summed E-state index contributed by atoms with van der Waals surface area (Å²) >= 11 is 0. The summed E-state index contributed by atoms with van der Waals surface area (Å²) in [7, 11) is 0. The molecular formula is C15H20FN3O. The lowest BCUT2D eigenvalue weighted by molar-refractivity contribution is 0.0784. The molecule has 1 aromatic rings. The van der Waals surface area contributed by atoms with Crippen molar-refractivity contribution in [3.05, 3.63) is 29.3 Å². The Hall–Kier alpha value is -1.49. The molecule has 2 fully saturated rings. The van der Waals surface area contributed by atoms with Gasteiger partial charge in [0, 0.05) is 32.7 Å². The summed E-state index contributed by atoms with van der Waals surface area (Å²) < 4.78 is 13.8. The molecule has 0 spiro atoms. The molecule has 0 radical (unpaired) electrons. The van der Waals surface area contributed by atoms with E-state index in [0.29, 0.717) is 23.9 Å². The van der Waals surface area contributed by atoms with Crippen LogP contribution in [0.4, 0.5) is 4.39 Å². The summed E-state index contributed by atoms with van der Waals surface area (Å²) in [6.45, 7) is 6.20. The molecule has 3 heterocycles. The standard InChI is InChI=1S/C15H20FN3O/c1-11-8-18(9-11)10-14-12(16)4-5-13(17-14)15(20)19-6-2-3-7-19/h4-5,11H,2-3,6-10H2,1H3. The second kappa shape index (κ2) is 5.48. The van der Waals surface area contributed by atoms with Crippen LogP contribution >= 0.6 is 0 Å². The molecule has 0 saturated carbocycles. The summed E-state index contributed by atoms with van der Waals surface area (Å²) in [6, 6.07) is 2.87. The molecule has 0 aliphatic carbocycles. The zero-order valence-corrected chi connectivity index (χ0v) is 11.8. The highest BCUT2D eigenvalue weighted by Crippen LogP contribution is 2.19. The lowest BCUT2D eigenvalue weighted by atomic mass is 10.0. The zero-order valence-electron chi connectivity index (χ0n) is 11.8. The maximum Gasteiger partial charge on any atom is 0.272 e. The number of rotatable bonds is 3. The number of aromatic nitrogens is 1. The van der Waals surface area contributed by atoms with Crippen LogP contribution in [0.3, 0.4) is 0 Å². The number of amides is 1. The summed E-state index contributed by atoms with van der Waals surface area (Å²) in [4.78, 5) is 20.5. The fourth-order valence-electron chi connectivity index (χ4n) is 2.97. The van der Waals surface area contributed by atoms with Gasteiger partial charge in [-0.25, -0.2) is 9.37 Å². The first kappa shape index (κ1) is 13.5. The largest absolute Gasteiger partial charge is 0.337 e. The Kier molecular flexibility index (Phi) is 3.70. The molecule has 2 saturated heterocycles. The van der Waals surface area contributed by atoms with Crippen LogP contribution in [0.5, 0.6) is 0 Å². The Balaban J connectivity index is 1.73. The molecule has 4 nitrogen and oxygen atoms in total. The van der Waals surface area contributed by atoms with Crippen LogP contribution < -0.4 is 0 Å². The maximum absolute atomic E-state index is 13.8. The van der Waals surface area contributed by atoms with Gasteiger partial charge in [0.25, 0.3) is 5.91 Å². The predicted octanol–water partition coefficient (Wildman–Crippen LogP) is 1.91. The average molecular weight is 277 g/mol. The summed E-state index contributed by atoms with van der Waals surface area (Å²) in [6.07, 6.45) is 2.09. The van der Waals surface area contributed by atoms with Crippen LogP contribution in [-0.2, 0) is 6.54 Å². The van der Waals surface area contributed by atoms with E-state index in [9.17, 15) is 9.18 Å². The van der Waals surface area contributed by atoms with Crippen LogP contribution in [0, 0.1) is 11.7 Å². The molecule has 0 unspecified atom stereocenters. The number of pyridine rings is 1. The Morgan fingerprint density at radius 1 is 1.35 bits per heavy atom. The second-order valence-electron chi connectivity index (χ2n) is 5.92. The van der Waals surface area contributed by atoms with Crippen molar-refractivity contribution < 1.29 is 9.18 Å². The van der Waals surface area contributed by atoms with Crippen LogP contribution in [-0.4, -0.2) is 46.9 Å². The van der Waals surface area contributed by atoms with E-state index in [1.807, 2.05) is 0 Å². The van der Waals surface area contributed by atoms with E-state index in [2.05, 4.69) is 16.8 Å². The van der Waals surface area contributed by atoms with Crippen molar-refractivity contribution in [2.75, 3.05) is 26.2 Å². The van der Waals surface area contributed by atoms with Crippen molar-refractivity contribution >= 4 is 5.91 Å². The minimum Gasteiger partial charge on any atom is -0.337 e. The van der Waals surface area contributed by atoms with Gasteiger partial charge in [0.15, 0.2) is 0 Å². The third kappa shape index (κ3) is 2.68. The summed E-state index contributed by atoms with van der Waals surface area (Å²) in [5, 5.41) is 0. The number of hydrogen-bond donors (Lipinski definition) is 0. The first-order valence-electron chi connectivity index (χ1n) is 7.30. The zero-order chi connectivity index (χ0) is 14.1. The van der Waals surface area contributed by atoms with Gasteiger partial charge in [0.2, 0.25) is 0 Å². The van der Waals surface area contributed by atoms with Crippen molar-refractivity contribution in [2.24, 2.45) is 5.92 Å². The van der Waals surface area contributed by atoms with Crippen molar-refractivity contribution in [1.82, 2.24) is 14.8 Å². The van der Waals surface area contributed by atoms with E-state index in [4.69, 9.17) is 0 Å². The lowest BCUT2D eigenvalue weighted by Crippen LogP contribution is -2.44. The molecule has 1 aromatic heterocycles. The Morgan fingerprint density at radius 2 is 2.05 bits per heavy atom. The molecule has 0 atom stereocenters. The number of carbonyl (C=O) groups is 1. The SMILES string of the molecule is CC1CN(Cc2nc(C(=O)N3CCCC3)ccc2F)C1. The van der Waals surface area contributed by atoms with E-state index >= 15 is 0 Å². The van der Waals surface area contributed by atoms with Crippen molar-refractivity contribution in [3.63, 3.8) is 0 Å². The summed E-state index contributed by atoms with van der Waals surface area (Å²) in [5.74, 6) is 0.288. The van der Waals surface area contributed by atoms with Gasteiger partial charge in [0.1, 0.15) is 11.5 Å². The van der Waals surface area contributed by atoms with E-state index in [1.54, 1.807) is 4.90 Å². The normalized spacial score (nSPS) is 20.2. The van der Waals surface area contributed by atoms with Crippen LogP contribution in [0.2, 0.25) is 0 Å². The highest BCUT2D eigenvalue weighted by Gasteiger charge is 2.25. The molecule has 2 aliphatic heterocycles. The number of likely N-dealkylation sites (tertiary alicyclic amines) is 2. The fraction of sp³-hybridized carbons (Fsp3) is 0.600. The van der Waals surface area contributed by atoms with Gasteiger partial charge in [-0.2, -0.15) is 0 Å². The smallest absolute Gasteiger partial charge is 0.272 e. The number of nitrogens with zero attached hydrogens (tertiary/aromatic N) is 3. The van der Waals surface area contributed by atoms with E-state index < -0.39 is 0 Å². The molecule has 0 N–H and O–H groups in total. The van der Waals surface area contributed by atoms with Gasteiger partial charge in [0.05, 0.1) is 5.69 Å². The minimum atomic E-state index is -0.317. The molecule has 0 bridgehead atoms. The third-order valence-electron chi connectivity index (χ3n) is 4.04. The molecular weight excluding hydrogens is 257 g/mol. The van der Waals surface area contributed by atoms with Crippen LogP contribution in [0.25, 0.3) is 0 Å². The second-order valence-corrected chi connectivity index (χ2v) is 5.92. The van der Waals surface area contributed by atoms with E-state index in [0.717, 1.165) is 39.0 Å². The number of hydrogen-bond acceptors (Lipinski definition) is 3. The average Bonchev–Trinajstić information content (AvgIpc) is 2.92. The number of carbonyl (C=O) groups excluding carboxylic acids is 1. The maximum atomic E-state index is 13.8. The van der Waals surface area contributed by atoms with Crippen molar-refractivity contribution in [2.45, 2.75) is 26.3 Å². The Labute approximate surface area is 118 Å². The van der Waals surface area contributed by atoms with Gasteiger partial charge in [-0.05, 0) is 30.9 Å². The molecule has 5 heteroatoms. The predicted molar refractivity (Wildman–Crippen MR) is 73.8 cm³/mol. The van der Waals surface area contributed by atoms with Crippen LogP contribution in [0.15, 0.2) is 12.1 Å². The van der Waals surface area contributed by atoms with Crippen molar-refractivity contribution in [1.29, 1.82) is 0 Å². The molecule has 3 rings (SSSR count). The molecule has 1 amide bonds. The van der Waals surface area contributed by atoms with E-state index in [-0.39, 0.29) is 11.7 Å². The van der Waals surface area contributed by atoms with Gasteiger partial charge < -0.3 is 4.90 Å². The quantitative estimate of drug-likeness (QED) is 0.847. The Bertz CT molecular complexity index is 508. The summed E-state index contributed by atoms with van der Waals surface area (Å²) in [5.41, 5.74) is 0.763. The first-order valence-corrected chi connectivity index (χ1v) is 7.30.